The minimum Gasteiger partial charge on any atom is -0.494 e. The number of benzene rings is 2. The minimum atomic E-state index is 0.655. The normalized spacial score (nSPS) is 13.2. The van der Waals surface area contributed by atoms with Gasteiger partial charge in [0.05, 0.1) is 22.9 Å². The SMILES string of the molecule is CCOc1ccc(C2=NNC(c3cccs3)=Nc3ccc(C)cc32)cc1. The van der Waals surface area contributed by atoms with Gasteiger partial charge in [0.2, 0.25) is 0 Å². The van der Waals surface area contributed by atoms with Crippen LogP contribution in [0.15, 0.2) is 70.1 Å². The van der Waals surface area contributed by atoms with Crippen LogP contribution in [0.3, 0.4) is 0 Å². The van der Waals surface area contributed by atoms with Gasteiger partial charge in [-0.25, -0.2) is 4.99 Å². The Morgan fingerprint density at radius 2 is 1.92 bits per heavy atom. The second-order valence-corrected chi connectivity index (χ2v) is 6.94. The van der Waals surface area contributed by atoms with Gasteiger partial charge >= 0.3 is 0 Å². The zero-order valence-electron chi connectivity index (χ0n) is 14.7. The number of nitrogens with zero attached hydrogens (tertiary/aromatic N) is 2. The Labute approximate surface area is 156 Å². The highest BCUT2D eigenvalue weighted by Gasteiger charge is 2.17. The van der Waals surface area contributed by atoms with Gasteiger partial charge in [-0.3, -0.25) is 5.43 Å². The second-order valence-electron chi connectivity index (χ2n) is 5.99. The van der Waals surface area contributed by atoms with E-state index in [1.54, 1.807) is 11.3 Å². The van der Waals surface area contributed by atoms with Gasteiger partial charge in [-0.1, -0.05) is 17.7 Å². The zero-order valence-corrected chi connectivity index (χ0v) is 15.5. The molecule has 0 bridgehead atoms. The first-order chi connectivity index (χ1) is 12.7. The third kappa shape index (κ3) is 3.26. The Hall–Kier alpha value is -2.92. The summed E-state index contributed by atoms with van der Waals surface area (Å²) in [6.45, 7) is 4.72. The maximum Gasteiger partial charge on any atom is 0.164 e. The molecule has 0 unspecified atom stereocenters. The quantitative estimate of drug-likeness (QED) is 0.719. The third-order valence-electron chi connectivity index (χ3n) is 4.11. The number of thiophene rings is 1. The van der Waals surface area contributed by atoms with Crippen LogP contribution in [0.4, 0.5) is 5.69 Å². The molecule has 5 heteroatoms. The van der Waals surface area contributed by atoms with Crippen molar-refractivity contribution in [3.05, 3.63) is 81.5 Å². The van der Waals surface area contributed by atoms with Gasteiger partial charge in [0.25, 0.3) is 0 Å². The van der Waals surface area contributed by atoms with Crippen molar-refractivity contribution in [2.75, 3.05) is 6.61 Å². The van der Waals surface area contributed by atoms with Crippen molar-refractivity contribution in [1.82, 2.24) is 5.43 Å². The van der Waals surface area contributed by atoms with Gasteiger partial charge < -0.3 is 4.74 Å². The van der Waals surface area contributed by atoms with Crippen LogP contribution >= 0.6 is 11.3 Å². The number of nitrogens with one attached hydrogen (secondary N) is 1. The lowest BCUT2D eigenvalue weighted by molar-refractivity contribution is 0.340. The smallest absolute Gasteiger partial charge is 0.164 e. The van der Waals surface area contributed by atoms with Crippen LogP contribution in [0.25, 0.3) is 0 Å². The summed E-state index contributed by atoms with van der Waals surface area (Å²) in [5.41, 5.74) is 8.17. The lowest BCUT2D eigenvalue weighted by Crippen LogP contribution is -2.18. The molecule has 0 aliphatic carbocycles. The predicted molar refractivity (Wildman–Crippen MR) is 108 cm³/mol. The van der Waals surface area contributed by atoms with Gasteiger partial charge in [-0.15, -0.1) is 11.3 Å². The van der Waals surface area contributed by atoms with Crippen LogP contribution in [0.2, 0.25) is 0 Å². The number of amidine groups is 1. The van der Waals surface area contributed by atoms with Crippen LogP contribution in [-0.4, -0.2) is 18.2 Å². The van der Waals surface area contributed by atoms with E-state index in [4.69, 9.17) is 14.8 Å². The molecule has 0 atom stereocenters. The van der Waals surface area contributed by atoms with Crippen molar-refractivity contribution in [3.8, 4) is 5.75 Å². The number of rotatable bonds is 4. The molecule has 4 nitrogen and oxygen atoms in total. The summed E-state index contributed by atoms with van der Waals surface area (Å²) < 4.78 is 5.55. The molecule has 1 aromatic heterocycles. The fraction of sp³-hybridized carbons (Fsp3) is 0.143. The van der Waals surface area contributed by atoms with Crippen molar-refractivity contribution in [1.29, 1.82) is 0 Å². The van der Waals surface area contributed by atoms with Gasteiger partial charge in [0.1, 0.15) is 5.75 Å². The average Bonchev–Trinajstić information content (AvgIpc) is 3.12. The van der Waals surface area contributed by atoms with Crippen LogP contribution in [0.5, 0.6) is 5.75 Å². The fourth-order valence-electron chi connectivity index (χ4n) is 2.87. The number of aliphatic imine (C=N–C) groups is 1. The molecule has 0 fully saturated rings. The Bertz CT molecular complexity index is 973. The van der Waals surface area contributed by atoms with E-state index >= 15 is 0 Å². The molecule has 1 N–H and O–H groups in total. The number of fused-ring (bicyclic) bond motifs is 1. The molecule has 130 valence electrons. The van der Waals surface area contributed by atoms with Gasteiger partial charge in [-0.2, -0.15) is 5.10 Å². The van der Waals surface area contributed by atoms with E-state index in [0.717, 1.165) is 39.0 Å². The molecular weight excluding hydrogens is 342 g/mol. The first-order valence-corrected chi connectivity index (χ1v) is 9.43. The number of aryl methyl sites for hydroxylation is 1. The summed E-state index contributed by atoms with van der Waals surface area (Å²) in [6.07, 6.45) is 0. The largest absolute Gasteiger partial charge is 0.494 e. The maximum atomic E-state index is 5.55. The first kappa shape index (κ1) is 16.5. The molecule has 26 heavy (non-hydrogen) atoms. The number of hydrogen-bond acceptors (Lipinski definition) is 5. The zero-order chi connectivity index (χ0) is 17.9. The molecule has 0 amide bonds. The average molecular weight is 361 g/mol. The highest BCUT2D eigenvalue weighted by Crippen LogP contribution is 2.28. The van der Waals surface area contributed by atoms with Crippen molar-refractivity contribution < 1.29 is 4.74 Å². The van der Waals surface area contributed by atoms with Crippen LogP contribution < -0.4 is 10.2 Å². The van der Waals surface area contributed by atoms with Crippen LogP contribution in [0, 0.1) is 6.92 Å². The molecule has 0 radical (unpaired) electrons. The topological polar surface area (TPSA) is 46.0 Å². The van der Waals surface area contributed by atoms with E-state index in [1.807, 2.05) is 48.7 Å². The minimum absolute atomic E-state index is 0.655. The molecule has 0 spiro atoms. The number of hydrazone groups is 1. The Morgan fingerprint density at radius 1 is 1.08 bits per heavy atom. The van der Waals surface area contributed by atoms with E-state index in [-0.39, 0.29) is 0 Å². The molecule has 4 rings (SSSR count). The van der Waals surface area contributed by atoms with Crippen LogP contribution in [-0.2, 0) is 0 Å². The molecule has 2 heterocycles. The highest BCUT2D eigenvalue weighted by atomic mass is 32.1. The van der Waals surface area contributed by atoms with E-state index in [1.165, 1.54) is 5.56 Å². The second kappa shape index (κ2) is 7.14. The first-order valence-electron chi connectivity index (χ1n) is 8.55. The molecule has 0 saturated heterocycles. The maximum absolute atomic E-state index is 5.55. The van der Waals surface area contributed by atoms with Crippen molar-refractivity contribution in [3.63, 3.8) is 0 Å². The van der Waals surface area contributed by atoms with E-state index in [0.29, 0.717) is 6.61 Å². The lowest BCUT2D eigenvalue weighted by Gasteiger charge is -2.10. The summed E-state index contributed by atoms with van der Waals surface area (Å²) in [5.74, 6) is 1.63. The Kier molecular flexibility index (Phi) is 4.54. The predicted octanol–water partition coefficient (Wildman–Crippen LogP) is 4.89. The molecule has 1 aliphatic rings. The molecule has 1 aliphatic heterocycles. The standard InChI is InChI=1S/C21H19N3OS/c1-3-25-16-9-7-15(8-10-16)20-17-13-14(2)6-11-18(17)22-21(24-23-20)19-5-4-12-26-19/h4-13H,3H2,1-2H3,(H,22,24). The molecule has 3 aromatic rings. The summed E-state index contributed by atoms with van der Waals surface area (Å²) >= 11 is 1.64. The third-order valence-corrected chi connectivity index (χ3v) is 4.98. The Balaban J connectivity index is 1.80. The Morgan fingerprint density at radius 3 is 2.65 bits per heavy atom. The van der Waals surface area contributed by atoms with Gasteiger partial charge in [0.15, 0.2) is 5.84 Å². The molecular formula is C21H19N3OS. The summed E-state index contributed by atoms with van der Waals surface area (Å²) in [5, 5.41) is 6.73. The summed E-state index contributed by atoms with van der Waals surface area (Å²) in [6, 6.07) is 18.3. The van der Waals surface area contributed by atoms with Crippen molar-refractivity contribution in [2.24, 2.45) is 10.1 Å². The van der Waals surface area contributed by atoms with Crippen LogP contribution in [0.1, 0.15) is 28.5 Å². The van der Waals surface area contributed by atoms with Gasteiger partial charge in [0, 0.05) is 11.1 Å². The highest BCUT2D eigenvalue weighted by molar-refractivity contribution is 7.12. The lowest BCUT2D eigenvalue weighted by atomic mass is 9.99. The monoisotopic (exact) mass is 361 g/mol. The van der Waals surface area contributed by atoms with E-state index < -0.39 is 0 Å². The van der Waals surface area contributed by atoms with Crippen molar-refractivity contribution >= 4 is 28.6 Å². The number of hydrogen-bond donors (Lipinski definition) is 1. The van der Waals surface area contributed by atoms with E-state index in [9.17, 15) is 0 Å². The van der Waals surface area contributed by atoms with Crippen molar-refractivity contribution in [2.45, 2.75) is 13.8 Å². The molecule has 0 saturated carbocycles. The summed E-state index contributed by atoms with van der Waals surface area (Å²) in [7, 11) is 0. The van der Waals surface area contributed by atoms with E-state index in [2.05, 4.69) is 30.5 Å². The van der Waals surface area contributed by atoms with Gasteiger partial charge in [-0.05, 0) is 61.7 Å². The number of ether oxygens (including phenoxy) is 1. The fourth-order valence-corrected chi connectivity index (χ4v) is 3.53. The summed E-state index contributed by atoms with van der Waals surface area (Å²) in [4.78, 5) is 5.89. The molecule has 2 aromatic carbocycles.